The predicted octanol–water partition coefficient (Wildman–Crippen LogP) is 1.41. The summed E-state index contributed by atoms with van der Waals surface area (Å²) in [6.07, 6.45) is 1.34. The standard InChI is InChI=1S/C16H16N4O5S/c1-11(21)19-13-4-8-15(9-5-13)26(23,24)25-14-6-2-12(3-7-14)10-18-20-16(17)22/h2-10H,1H3,(H,19,21)(H3,17,20,22). The van der Waals surface area contributed by atoms with E-state index in [9.17, 15) is 18.0 Å². The fraction of sp³-hybridized carbons (Fsp3) is 0.0625. The average Bonchev–Trinajstić information content (AvgIpc) is 2.56. The number of carbonyl (C=O) groups is 2. The van der Waals surface area contributed by atoms with Crippen molar-refractivity contribution in [1.29, 1.82) is 0 Å². The van der Waals surface area contributed by atoms with Crippen LogP contribution in [-0.2, 0) is 14.9 Å². The van der Waals surface area contributed by atoms with Crippen LogP contribution in [0.1, 0.15) is 12.5 Å². The van der Waals surface area contributed by atoms with Gasteiger partial charge in [0.15, 0.2) is 0 Å². The number of nitrogens with two attached hydrogens (primary N) is 1. The summed E-state index contributed by atoms with van der Waals surface area (Å²) in [5.41, 5.74) is 7.98. The number of nitrogens with one attached hydrogen (secondary N) is 2. The molecule has 0 aliphatic heterocycles. The Kier molecular flexibility index (Phi) is 5.91. The van der Waals surface area contributed by atoms with E-state index < -0.39 is 16.1 Å². The summed E-state index contributed by atoms with van der Waals surface area (Å²) in [4.78, 5) is 21.4. The van der Waals surface area contributed by atoms with Gasteiger partial charge in [0.1, 0.15) is 10.6 Å². The summed E-state index contributed by atoms with van der Waals surface area (Å²) >= 11 is 0. The molecule has 0 saturated carbocycles. The molecule has 0 bridgehead atoms. The molecule has 0 aromatic heterocycles. The molecule has 0 radical (unpaired) electrons. The van der Waals surface area contributed by atoms with E-state index in [2.05, 4.69) is 10.4 Å². The topological polar surface area (TPSA) is 140 Å². The first-order valence-corrected chi connectivity index (χ1v) is 8.68. The van der Waals surface area contributed by atoms with E-state index in [1.807, 2.05) is 5.43 Å². The molecule has 4 N–H and O–H groups in total. The minimum Gasteiger partial charge on any atom is -0.379 e. The first-order chi connectivity index (χ1) is 12.3. The lowest BCUT2D eigenvalue weighted by Crippen LogP contribution is -2.24. The third-order valence-electron chi connectivity index (χ3n) is 2.94. The Bertz CT molecular complexity index is 922. The SMILES string of the molecule is CC(=O)Nc1ccc(S(=O)(=O)Oc2ccc(C=NNC(N)=O)cc2)cc1. The molecule has 0 atom stereocenters. The third-order valence-corrected chi connectivity index (χ3v) is 4.20. The van der Waals surface area contributed by atoms with Crippen molar-refractivity contribution < 1.29 is 22.2 Å². The summed E-state index contributed by atoms with van der Waals surface area (Å²) in [6.45, 7) is 1.35. The molecular formula is C16H16N4O5S. The zero-order valence-electron chi connectivity index (χ0n) is 13.7. The Morgan fingerprint density at radius 3 is 2.23 bits per heavy atom. The van der Waals surface area contributed by atoms with Gasteiger partial charge < -0.3 is 15.2 Å². The van der Waals surface area contributed by atoms with E-state index >= 15 is 0 Å². The van der Waals surface area contributed by atoms with Crippen LogP contribution >= 0.6 is 0 Å². The van der Waals surface area contributed by atoms with Crippen LogP contribution in [-0.4, -0.2) is 26.6 Å². The number of anilines is 1. The Morgan fingerprint density at radius 1 is 1.08 bits per heavy atom. The number of hydrogen-bond acceptors (Lipinski definition) is 6. The van der Waals surface area contributed by atoms with Crippen LogP contribution in [0.4, 0.5) is 10.5 Å². The van der Waals surface area contributed by atoms with Crippen molar-refractivity contribution in [1.82, 2.24) is 5.43 Å². The molecule has 136 valence electrons. The maximum absolute atomic E-state index is 12.3. The first-order valence-electron chi connectivity index (χ1n) is 7.27. The third kappa shape index (κ3) is 5.60. The van der Waals surface area contributed by atoms with Crippen LogP contribution in [0.3, 0.4) is 0 Å². The van der Waals surface area contributed by atoms with Crippen molar-refractivity contribution in [2.24, 2.45) is 10.8 Å². The van der Waals surface area contributed by atoms with Gasteiger partial charge in [-0.25, -0.2) is 10.2 Å². The van der Waals surface area contributed by atoms with Crippen molar-refractivity contribution in [2.75, 3.05) is 5.32 Å². The summed E-state index contributed by atoms with van der Waals surface area (Å²) in [6, 6.07) is 10.8. The zero-order chi connectivity index (χ0) is 19.2. The number of hydrazone groups is 1. The molecular weight excluding hydrogens is 360 g/mol. The van der Waals surface area contributed by atoms with E-state index in [1.54, 1.807) is 12.1 Å². The molecule has 2 rings (SSSR count). The maximum atomic E-state index is 12.3. The number of urea groups is 1. The number of rotatable bonds is 6. The van der Waals surface area contributed by atoms with Crippen LogP contribution in [0.25, 0.3) is 0 Å². The minimum absolute atomic E-state index is 0.0529. The largest absolute Gasteiger partial charge is 0.379 e. The number of benzene rings is 2. The Morgan fingerprint density at radius 2 is 1.69 bits per heavy atom. The lowest BCUT2D eigenvalue weighted by atomic mass is 10.2. The minimum atomic E-state index is -4.02. The van der Waals surface area contributed by atoms with Crippen LogP contribution in [0.2, 0.25) is 0 Å². The molecule has 3 amide bonds. The van der Waals surface area contributed by atoms with Gasteiger partial charge in [0.2, 0.25) is 5.91 Å². The smallest absolute Gasteiger partial charge is 0.339 e. The number of amides is 3. The van der Waals surface area contributed by atoms with Gasteiger partial charge >= 0.3 is 16.1 Å². The monoisotopic (exact) mass is 376 g/mol. The summed E-state index contributed by atoms with van der Waals surface area (Å²) < 4.78 is 29.6. The van der Waals surface area contributed by atoms with Gasteiger partial charge in [-0.2, -0.15) is 13.5 Å². The fourth-order valence-corrected chi connectivity index (χ4v) is 2.79. The number of nitrogens with zero attached hydrogens (tertiary/aromatic N) is 1. The second-order valence-electron chi connectivity index (χ2n) is 5.05. The molecule has 2 aromatic carbocycles. The fourth-order valence-electron chi connectivity index (χ4n) is 1.86. The van der Waals surface area contributed by atoms with Crippen molar-refractivity contribution in [3.8, 4) is 5.75 Å². The molecule has 0 fully saturated rings. The Labute approximate surface area is 150 Å². The Hall–Kier alpha value is -3.40. The van der Waals surface area contributed by atoms with Crippen molar-refractivity contribution >= 4 is 34.0 Å². The van der Waals surface area contributed by atoms with Crippen molar-refractivity contribution in [2.45, 2.75) is 11.8 Å². The van der Waals surface area contributed by atoms with Gasteiger partial charge in [-0.1, -0.05) is 0 Å². The van der Waals surface area contributed by atoms with Crippen LogP contribution in [0.15, 0.2) is 58.5 Å². The second kappa shape index (κ2) is 8.12. The highest BCUT2D eigenvalue weighted by Crippen LogP contribution is 2.20. The van der Waals surface area contributed by atoms with E-state index in [1.165, 1.54) is 49.5 Å². The molecule has 0 aliphatic rings. The molecule has 10 heteroatoms. The van der Waals surface area contributed by atoms with Crippen molar-refractivity contribution in [3.05, 3.63) is 54.1 Å². The Balaban J connectivity index is 2.07. The van der Waals surface area contributed by atoms with Crippen LogP contribution in [0.5, 0.6) is 5.75 Å². The van der Waals surface area contributed by atoms with Crippen LogP contribution < -0.4 is 20.7 Å². The zero-order valence-corrected chi connectivity index (χ0v) is 14.5. The van der Waals surface area contributed by atoms with Gasteiger partial charge in [0.05, 0.1) is 6.21 Å². The normalized spacial score (nSPS) is 11.1. The number of primary amides is 1. The highest BCUT2D eigenvalue weighted by Gasteiger charge is 2.16. The highest BCUT2D eigenvalue weighted by molar-refractivity contribution is 7.87. The lowest BCUT2D eigenvalue weighted by Gasteiger charge is -2.08. The number of carbonyl (C=O) groups excluding carboxylic acids is 2. The second-order valence-corrected chi connectivity index (χ2v) is 6.59. The summed E-state index contributed by atoms with van der Waals surface area (Å²) in [5, 5.41) is 6.13. The molecule has 0 spiro atoms. The van der Waals surface area contributed by atoms with E-state index in [-0.39, 0.29) is 16.6 Å². The van der Waals surface area contributed by atoms with E-state index in [0.29, 0.717) is 11.3 Å². The maximum Gasteiger partial charge on any atom is 0.339 e. The van der Waals surface area contributed by atoms with Gasteiger partial charge in [0.25, 0.3) is 0 Å². The molecule has 26 heavy (non-hydrogen) atoms. The van der Waals surface area contributed by atoms with E-state index in [4.69, 9.17) is 9.92 Å². The van der Waals surface area contributed by atoms with Gasteiger partial charge in [-0.3, -0.25) is 4.79 Å². The highest BCUT2D eigenvalue weighted by atomic mass is 32.2. The molecule has 0 unspecified atom stereocenters. The van der Waals surface area contributed by atoms with E-state index in [0.717, 1.165) is 0 Å². The average molecular weight is 376 g/mol. The predicted molar refractivity (Wildman–Crippen MR) is 95.3 cm³/mol. The quantitative estimate of drug-likeness (QED) is 0.397. The van der Waals surface area contributed by atoms with Crippen LogP contribution in [0, 0.1) is 0 Å². The molecule has 0 aliphatic carbocycles. The van der Waals surface area contributed by atoms with Crippen molar-refractivity contribution in [3.63, 3.8) is 0 Å². The first kappa shape index (κ1) is 18.9. The summed E-state index contributed by atoms with van der Waals surface area (Å²) in [5.74, 6) is -0.150. The lowest BCUT2D eigenvalue weighted by molar-refractivity contribution is -0.114. The molecule has 0 heterocycles. The van der Waals surface area contributed by atoms with Gasteiger partial charge in [-0.05, 0) is 54.1 Å². The molecule has 2 aromatic rings. The number of hydrogen-bond donors (Lipinski definition) is 3. The molecule has 9 nitrogen and oxygen atoms in total. The van der Waals surface area contributed by atoms with Gasteiger partial charge in [-0.15, -0.1) is 0 Å². The molecule has 0 saturated heterocycles. The van der Waals surface area contributed by atoms with Gasteiger partial charge in [0, 0.05) is 12.6 Å². The summed E-state index contributed by atoms with van der Waals surface area (Å²) in [7, 11) is -4.02.